The minimum absolute atomic E-state index is 0.118. The van der Waals surface area contributed by atoms with Crippen LogP contribution in [0.25, 0.3) is 11.8 Å². The highest BCUT2D eigenvalue weighted by Crippen LogP contribution is 2.21. The van der Waals surface area contributed by atoms with Gasteiger partial charge in [-0.25, -0.2) is 9.07 Å². The van der Waals surface area contributed by atoms with Gasteiger partial charge in [-0.3, -0.25) is 9.59 Å². The van der Waals surface area contributed by atoms with Crippen molar-refractivity contribution in [2.45, 2.75) is 19.3 Å². The average Bonchev–Trinajstić information content (AvgIpc) is 3.06. The van der Waals surface area contributed by atoms with Crippen molar-refractivity contribution in [1.82, 2.24) is 14.7 Å². The van der Waals surface area contributed by atoms with E-state index in [1.165, 1.54) is 16.8 Å². The minimum atomic E-state index is -0.424. The molecule has 0 unspecified atom stereocenters. The van der Waals surface area contributed by atoms with Crippen LogP contribution in [0.15, 0.2) is 41.1 Å². The van der Waals surface area contributed by atoms with Crippen LogP contribution in [-0.2, 0) is 9.59 Å². The van der Waals surface area contributed by atoms with Gasteiger partial charge in [0.1, 0.15) is 11.5 Å². The Morgan fingerprint density at radius 2 is 2.07 bits per heavy atom. The van der Waals surface area contributed by atoms with E-state index in [0.29, 0.717) is 30.8 Å². The summed E-state index contributed by atoms with van der Waals surface area (Å²) in [5.41, 5.74) is 6.15. The van der Waals surface area contributed by atoms with E-state index >= 15 is 0 Å². The molecule has 2 N–H and O–H groups in total. The number of carbonyl (C=O) groups excluding carboxylic acids is 2. The lowest BCUT2D eigenvalue weighted by atomic mass is 9.93. The molecule has 2 amide bonds. The number of halogens is 2. The number of nitrogens with zero attached hydrogens (tertiary/aromatic N) is 3. The predicted octanol–water partition coefficient (Wildman–Crippen LogP) is 2.90. The second kappa shape index (κ2) is 8.47. The molecule has 0 radical (unpaired) electrons. The highest BCUT2D eigenvalue weighted by atomic mass is 79.9. The summed E-state index contributed by atoms with van der Waals surface area (Å²) in [6, 6.07) is 4.72. The molecule has 1 aliphatic rings. The van der Waals surface area contributed by atoms with Crippen LogP contribution in [0.2, 0.25) is 0 Å². The Hall–Kier alpha value is -2.48. The molecule has 142 valence electrons. The van der Waals surface area contributed by atoms with Crippen LogP contribution in [0.4, 0.5) is 4.39 Å². The van der Waals surface area contributed by atoms with Gasteiger partial charge >= 0.3 is 0 Å². The van der Waals surface area contributed by atoms with Gasteiger partial charge in [-0.05, 0) is 58.5 Å². The summed E-state index contributed by atoms with van der Waals surface area (Å²) in [5.74, 6) is -0.590. The van der Waals surface area contributed by atoms with Crippen molar-refractivity contribution < 1.29 is 14.0 Å². The van der Waals surface area contributed by atoms with Crippen LogP contribution in [0.3, 0.4) is 0 Å². The Kier molecular flexibility index (Phi) is 6.05. The van der Waals surface area contributed by atoms with Crippen molar-refractivity contribution in [3.8, 4) is 5.69 Å². The first-order chi connectivity index (χ1) is 12.9. The summed E-state index contributed by atoms with van der Waals surface area (Å²) in [4.78, 5) is 25.0. The largest absolute Gasteiger partial charge is 0.370 e. The quantitative estimate of drug-likeness (QED) is 0.734. The van der Waals surface area contributed by atoms with Crippen LogP contribution < -0.4 is 5.73 Å². The molecule has 0 saturated carbocycles. The summed E-state index contributed by atoms with van der Waals surface area (Å²) in [5, 5.41) is 4.06. The van der Waals surface area contributed by atoms with Crippen LogP contribution in [0, 0.1) is 11.7 Å². The Bertz CT molecular complexity index is 872. The molecule has 1 fully saturated rings. The third-order valence-corrected chi connectivity index (χ3v) is 5.01. The molecule has 0 atom stereocenters. The number of piperidine rings is 1. The van der Waals surface area contributed by atoms with Crippen molar-refractivity contribution in [3.05, 3.63) is 52.5 Å². The lowest BCUT2D eigenvalue weighted by molar-refractivity contribution is -0.127. The molecule has 1 aromatic heterocycles. The number of nitrogens with two attached hydrogens (primary N) is 1. The fourth-order valence-corrected chi connectivity index (χ4v) is 3.45. The first-order valence-corrected chi connectivity index (χ1v) is 9.47. The number of likely N-dealkylation sites (tertiary alicyclic amines) is 1. The second-order valence-corrected chi connectivity index (χ2v) is 7.50. The van der Waals surface area contributed by atoms with Crippen molar-refractivity contribution in [2.24, 2.45) is 11.7 Å². The molecule has 3 rings (SSSR count). The van der Waals surface area contributed by atoms with E-state index in [-0.39, 0.29) is 17.7 Å². The molecule has 0 aliphatic carbocycles. The number of primary amides is 1. The number of hydrogen-bond acceptors (Lipinski definition) is 3. The van der Waals surface area contributed by atoms with Crippen molar-refractivity contribution in [2.75, 3.05) is 13.1 Å². The standard InChI is InChI=1S/C19H20BrFN4O2/c20-15-11-23-25(12-15)17-3-1-13(9-16(17)21)2-4-19(27)24-7-5-14(6-8-24)10-18(22)26/h1-4,9,11-12,14H,5-8,10H2,(H2,22,26)/b4-2+. The number of amides is 2. The van der Waals surface area contributed by atoms with Gasteiger partial charge in [0.2, 0.25) is 11.8 Å². The molecule has 8 heteroatoms. The van der Waals surface area contributed by atoms with E-state index in [2.05, 4.69) is 21.0 Å². The molecule has 27 heavy (non-hydrogen) atoms. The molecule has 1 saturated heterocycles. The number of hydrogen-bond donors (Lipinski definition) is 1. The zero-order valence-electron chi connectivity index (χ0n) is 14.6. The molecule has 2 heterocycles. The monoisotopic (exact) mass is 434 g/mol. The topological polar surface area (TPSA) is 81.2 Å². The zero-order valence-corrected chi connectivity index (χ0v) is 16.2. The van der Waals surface area contributed by atoms with Gasteiger partial charge < -0.3 is 10.6 Å². The summed E-state index contributed by atoms with van der Waals surface area (Å²) in [6.45, 7) is 1.20. The van der Waals surface area contributed by atoms with E-state index in [9.17, 15) is 14.0 Å². The van der Waals surface area contributed by atoms with E-state index in [4.69, 9.17) is 5.73 Å². The van der Waals surface area contributed by atoms with E-state index in [1.807, 2.05) is 0 Å². The van der Waals surface area contributed by atoms with Crippen LogP contribution in [0.5, 0.6) is 0 Å². The summed E-state index contributed by atoms with van der Waals surface area (Å²) < 4.78 is 16.5. The SMILES string of the molecule is NC(=O)CC1CCN(C(=O)/C=C/c2ccc(-n3cc(Br)cn3)c(F)c2)CC1. The van der Waals surface area contributed by atoms with Gasteiger partial charge in [0.05, 0.1) is 10.7 Å². The molecule has 2 aromatic rings. The van der Waals surface area contributed by atoms with Crippen LogP contribution >= 0.6 is 15.9 Å². The first kappa shape index (κ1) is 19.3. The maximum absolute atomic E-state index is 14.3. The van der Waals surface area contributed by atoms with Gasteiger partial charge in [0.25, 0.3) is 0 Å². The van der Waals surface area contributed by atoms with Gasteiger partial charge in [0, 0.05) is 31.8 Å². The molecule has 1 aromatic carbocycles. The third kappa shape index (κ3) is 5.03. The Morgan fingerprint density at radius 1 is 1.33 bits per heavy atom. The normalized spacial score (nSPS) is 15.4. The van der Waals surface area contributed by atoms with Crippen molar-refractivity contribution in [3.63, 3.8) is 0 Å². The molecular formula is C19H20BrFN4O2. The number of rotatable bonds is 5. The summed E-state index contributed by atoms with van der Waals surface area (Å²) in [7, 11) is 0. The zero-order chi connectivity index (χ0) is 19.4. The molecule has 0 spiro atoms. The number of carbonyl (C=O) groups is 2. The van der Waals surface area contributed by atoms with Crippen LogP contribution in [-0.4, -0.2) is 39.6 Å². The van der Waals surface area contributed by atoms with Gasteiger partial charge in [-0.1, -0.05) is 6.07 Å². The molecule has 0 bridgehead atoms. The minimum Gasteiger partial charge on any atom is -0.370 e. The maximum Gasteiger partial charge on any atom is 0.246 e. The first-order valence-electron chi connectivity index (χ1n) is 8.68. The fraction of sp³-hybridized carbons (Fsp3) is 0.316. The van der Waals surface area contributed by atoms with Gasteiger partial charge in [0.15, 0.2) is 0 Å². The molecule has 6 nitrogen and oxygen atoms in total. The average molecular weight is 435 g/mol. The third-order valence-electron chi connectivity index (χ3n) is 4.60. The highest BCUT2D eigenvalue weighted by molar-refractivity contribution is 9.10. The van der Waals surface area contributed by atoms with Gasteiger partial charge in [-0.2, -0.15) is 5.10 Å². The summed E-state index contributed by atoms with van der Waals surface area (Å²) in [6.07, 6.45) is 8.21. The van der Waals surface area contributed by atoms with Gasteiger partial charge in [-0.15, -0.1) is 0 Å². The Balaban J connectivity index is 1.60. The van der Waals surface area contributed by atoms with E-state index < -0.39 is 5.82 Å². The smallest absolute Gasteiger partial charge is 0.246 e. The number of benzene rings is 1. The Labute approximate surface area is 165 Å². The lowest BCUT2D eigenvalue weighted by Crippen LogP contribution is -2.38. The van der Waals surface area contributed by atoms with Crippen LogP contribution in [0.1, 0.15) is 24.8 Å². The highest BCUT2D eigenvalue weighted by Gasteiger charge is 2.22. The fourth-order valence-electron chi connectivity index (χ4n) is 3.16. The lowest BCUT2D eigenvalue weighted by Gasteiger charge is -2.30. The summed E-state index contributed by atoms with van der Waals surface area (Å²) >= 11 is 3.28. The second-order valence-electron chi connectivity index (χ2n) is 6.59. The van der Waals surface area contributed by atoms with E-state index in [1.54, 1.807) is 35.5 Å². The number of aromatic nitrogens is 2. The Morgan fingerprint density at radius 3 is 2.67 bits per heavy atom. The van der Waals surface area contributed by atoms with Crippen molar-refractivity contribution in [1.29, 1.82) is 0 Å². The molecule has 1 aliphatic heterocycles. The predicted molar refractivity (Wildman–Crippen MR) is 103 cm³/mol. The maximum atomic E-state index is 14.3. The van der Waals surface area contributed by atoms with E-state index in [0.717, 1.165) is 17.3 Å². The molecular weight excluding hydrogens is 415 g/mol. The van der Waals surface area contributed by atoms with Crippen molar-refractivity contribution >= 4 is 33.8 Å².